The third-order valence-corrected chi connectivity index (χ3v) is 2.47. The number of ether oxygens (including phenoxy) is 1. The maximum atomic E-state index is 11.7. The van der Waals surface area contributed by atoms with Gasteiger partial charge >= 0.3 is 11.9 Å². The molecule has 2 rings (SSSR count). The minimum atomic E-state index is -0.709. The van der Waals surface area contributed by atoms with Crippen LogP contribution >= 0.6 is 0 Å². The molecule has 0 amide bonds. The van der Waals surface area contributed by atoms with E-state index in [1.165, 1.54) is 0 Å². The Hall–Kier alpha value is -2.23. The number of esters is 2. The minimum Gasteiger partial charge on any atom is -0.388 e. The summed E-state index contributed by atoms with van der Waals surface area (Å²) in [5.74, 6) is -1.59. The van der Waals surface area contributed by atoms with Crippen molar-refractivity contribution in [2.24, 2.45) is 5.92 Å². The van der Waals surface area contributed by atoms with Crippen LogP contribution in [0.4, 0.5) is 0 Å². The highest BCUT2D eigenvalue weighted by Gasteiger charge is 2.17. The van der Waals surface area contributed by atoms with Gasteiger partial charge in [-0.1, -0.05) is 38.1 Å². The topological polar surface area (TPSA) is 56.3 Å². The number of benzene rings is 1. The second-order valence-corrected chi connectivity index (χ2v) is 4.25. The Kier molecular flexibility index (Phi) is 3.37. The molecule has 1 aromatic carbocycles. The smallest absolute Gasteiger partial charge is 0.364 e. The molecule has 1 aromatic heterocycles. The molecule has 1 heterocycles. The van der Waals surface area contributed by atoms with Crippen LogP contribution in [-0.2, 0) is 9.53 Å². The van der Waals surface area contributed by atoms with Crippen molar-refractivity contribution in [2.75, 3.05) is 0 Å². The lowest BCUT2D eigenvalue weighted by atomic mass is 10.2. The summed E-state index contributed by atoms with van der Waals surface area (Å²) in [5, 5.41) is 0.934. The number of rotatable bonds is 2. The zero-order valence-corrected chi connectivity index (χ0v) is 10.2. The first kappa shape index (κ1) is 12.2. The van der Waals surface area contributed by atoms with E-state index in [0.29, 0.717) is 5.52 Å². The lowest BCUT2D eigenvalue weighted by molar-refractivity contribution is -0.141. The van der Waals surface area contributed by atoms with Crippen LogP contribution in [-0.4, -0.2) is 16.9 Å². The van der Waals surface area contributed by atoms with Crippen LogP contribution in [0.15, 0.2) is 36.4 Å². The van der Waals surface area contributed by atoms with Crippen molar-refractivity contribution < 1.29 is 14.3 Å². The van der Waals surface area contributed by atoms with E-state index in [2.05, 4.69) is 4.98 Å². The third-order valence-electron chi connectivity index (χ3n) is 2.47. The van der Waals surface area contributed by atoms with Crippen LogP contribution < -0.4 is 0 Å². The molecule has 0 saturated carbocycles. The quantitative estimate of drug-likeness (QED) is 0.601. The predicted molar refractivity (Wildman–Crippen MR) is 67.0 cm³/mol. The lowest BCUT2D eigenvalue weighted by Gasteiger charge is -2.05. The van der Waals surface area contributed by atoms with Crippen LogP contribution in [0.25, 0.3) is 10.9 Å². The third kappa shape index (κ3) is 2.53. The fourth-order valence-corrected chi connectivity index (χ4v) is 1.44. The number of fused-ring (bicyclic) bond motifs is 1. The number of nitrogens with zero attached hydrogens (tertiary/aromatic N) is 1. The Morgan fingerprint density at radius 2 is 1.83 bits per heavy atom. The van der Waals surface area contributed by atoms with Crippen LogP contribution in [0, 0.1) is 5.92 Å². The maximum absolute atomic E-state index is 11.7. The van der Waals surface area contributed by atoms with E-state index >= 15 is 0 Å². The number of carbonyl (C=O) groups is 2. The van der Waals surface area contributed by atoms with Gasteiger partial charge in [-0.3, -0.25) is 4.79 Å². The monoisotopic (exact) mass is 243 g/mol. The SMILES string of the molecule is CC(C)C(=O)OC(=O)c1ccc2ccccc2n1. The van der Waals surface area contributed by atoms with Gasteiger partial charge in [-0.15, -0.1) is 0 Å². The predicted octanol–water partition coefficient (Wildman–Crippen LogP) is 2.57. The van der Waals surface area contributed by atoms with E-state index in [-0.39, 0.29) is 11.6 Å². The normalized spacial score (nSPS) is 10.6. The van der Waals surface area contributed by atoms with Crippen molar-refractivity contribution in [1.29, 1.82) is 0 Å². The summed E-state index contributed by atoms with van der Waals surface area (Å²) in [4.78, 5) is 27.2. The lowest BCUT2D eigenvalue weighted by Crippen LogP contribution is -2.18. The van der Waals surface area contributed by atoms with Crippen molar-refractivity contribution in [1.82, 2.24) is 4.98 Å². The molecule has 18 heavy (non-hydrogen) atoms. The molecule has 0 atom stereocenters. The first-order chi connectivity index (χ1) is 8.58. The number of pyridine rings is 1. The van der Waals surface area contributed by atoms with Gasteiger partial charge in [0.1, 0.15) is 5.69 Å². The summed E-state index contributed by atoms with van der Waals surface area (Å²) >= 11 is 0. The summed E-state index contributed by atoms with van der Waals surface area (Å²) in [7, 11) is 0. The van der Waals surface area contributed by atoms with Crippen LogP contribution in [0.3, 0.4) is 0 Å². The molecule has 0 aliphatic heterocycles. The van der Waals surface area contributed by atoms with E-state index in [0.717, 1.165) is 5.39 Å². The van der Waals surface area contributed by atoms with E-state index in [1.54, 1.807) is 32.0 Å². The second kappa shape index (κ2) is 4.96. The molecule has 0 fully saturated rings. The van der Waals surface area contributed by atoms with Gasteiger partial charge in [0.2, 0.25) is 0 Å². The zero-order valence-electron chi connectivity index (χ0n) is 10.2. The molecule has 92 valence electrons. The van der Waals surface area contributed by atoms with Crippen molar-refractivity contribution >= 4 is 22.8 Å². The minimum absolute atomic E-state index is 0.141. The summed E-state index contributed by atoms with van der Waals surface area (Å²) in [5.41, 5.74) is 0.839. The molecule has 0 unspecified atom stereocenters. The van der Waals surface area contributed by atoms with Gasteiger partial charge in [0.05, 0.1) is 11.4 Å². The van der Waals surface area contributed by atoms with Crippen LogP contribution in [0.1, 0.15) is 24.3 Å². The first-order valence-corrected chi connectivity index (χ1v) is 5.70. The largest absolute Gasteiger partial charge is 0.388 e. The molecule has 2 aromatic rings. The molecular formula is C14H13NO3. The summed E-state index contributed by atoms with van der Waals surface area (Å²) in [6.07, 6.45) is 0. The molecule has 0 saturated heterocycles. The zero-order chi connectivity index (χ0) is 13.1. The molecule has 0 radical (unpaired) electrons. The molecule has 4 heteroatoms. The first-order valence-electron chi connectivity index (χ1n) is 5.70. The van der Waals surface area contributed by atoms with Gasteiger partial charge in [-0.25, -0.2) is 9.78 Å². The Morgan fingerprint density at radius 1 is 1.11 bits per heavy atom. The molecule has 0 aliphatic rings. The van der Waals surface area contributed by atoms with Crippen molar-refractivity contribution in [2.45, 2.75) is 13.8 Å². The second-order valence-electron chi connectivity index (χ2n) is 4.25. The van der Waals surface area contributed by atoms with E-state index in [1.807, 2.05) is 18.2 Å². The summed E-state index contributed by atoms with van der Waals surface area (Å²) < 4.78 is 4.71. The Morgan fingerprint density at radius 3 is 2.56 bits per heavy atom. The maximum Gasteiger partial charge on any atom is 0.364 e. The van der Waals surface area contributed by atoms with Crippen LogP contribution in [0.5, 0.6) is 0 Å². The molecule has 0 aliphatic carbocycles. The van der Waals surface area contributed by atoms with Gasteiger partial charge < -0.3 is 4.74 Å². The Bertz CT molecular complexity index is 605. The Balaban J connectivity index is 2.26. The number of para-hydroxylation sites is 1. The average Bonchev–Trinajstić information content (AvgIpc) is 2.37. The van der Waals surface area contributed by atoms with E-state index in [9.17, 15) is 9.59 Å². The molecule has 4 nitrogen and oxygen atoms in total. The van der Waals surface area contributed by atoms with Gasteiger partial charge in [-0.05, 0) is 12.1 Å². The highest BCUT2D eigenvalue weighted by atomic mass is 16.6. The van der Waals surface area contributed by atoms with Crippen molar-refractivity contribution in [3.63, 3.8) is 0 Å². The molecule has 0 N–H and O–H groups in total. The summed E-state index contributed by atoms with van der Waals surface area (Å²) in [6, 6.07) is 10.8. The number of carbonyl (C=O) groups excluding carboxylic acids is 2. The fourth-order valence-electron chi connectivity index (χ4n) is 1.44. The number of hydrogen-bond acceptors (Lipinski definition) is 4. The van der Waals surface area contributed by atoms with Gasteiger partial charge in [0.25, 0.3) is 0 Å². The fraction of sp³-hybridized carbons (Fsp3) is 0.214. The van der Waals surface area contributed by atoms with Crippen molar-refractivity contribution in [3.8, 4) is 0 Å². The van der Waals surface area contributed by atoms with Crippen LogP contribution in [0.2, 0.25) is 0 Å². The van der Waals surface area contributed by atoms with Gasteiger partial charge in [-0.2, -0.15) is 0 Å². The summed E-state index contributed by atoms with van der Waals surface area (Å²) in [6.45, 7) is 3.34. The number of aromatic nitrogens is 1. The van der Waals surface area contributed by atoms with Gasteiger partial charge in [0, 0.05) is 5.39 Å². The molecule has 0 bridgehead atoms. The van der Waals surface area contributed by atoms with Crippen molar-refractivity contribution in [3.05, 3.63) is 42.1 Å². The molecule has 0 spiro atoms. The number of hydrogen-bond donors (Lipinski definition) is 0. The standard InChI is InChI=1S/C14H13NO3/c1-9(2)13(16)18-14(17)12-8-7-10-5-3-4-6-11(10)15-12/h3-9H,1-2H3. The average molecular weight is 243 g/mol. The van der Waals surface area contributed by atoms with E-state index in [4.69, 9.17) is 4.74 Å². The van der Waals surface area contributed by atoms with Gasteiger partial charge in [0.15, 0.2) is 0 Å². The highest BCUT2D eigenvalue weighted by Crippen LogP contribution is 2.12. The van der Waals surface area contributed by atoms with E-state index < -0.39 is 11.9 Å². The Labute approximate surface area is 105 Å². The highest BCUT2D eigenvalue weighted by molar-refractivity contribution is 5.97. The molecular weight excluding hydrogens is 230 g/mol.